The molecule has 0 unspecified atom stereocenters. The molecular weight excluding hydrogens is 232 g/mol. The van der Waals surface area contributed by atoms with Gasteiger partial charge in [0.15, 0.2) is 0 Å². The van der Waals surface area contributed by atoms with Crippen molar-refractivity contribution in [2.24, 2.45) is 11.1 Å². The van der Waals surface area contributed by atoms with Gasteiger partial charge in [-0.05, 0) is 19.3 Å². The maximum atomic E-state index is 12.1. The third-order valence-electron chi connectivity index (χ3n) is 3.50. The van der Waals surface area contributed by atoms with Gasteiger partial charge in [-0.1, -0.05) is 13.3 Å². The molecule has 3 N–H and O–H groups in total. The molecule has 0 aromatic rings. The van der Waals surface area contributed by atoms with Gasteiger partial charge in [-0.15, -0.1) is 0 Å². The van der Waals surface area contributed by atoms with Crippen LogP contribution in [-0.4, -0.2) is 45.4 Å². The third kappa shape index (κ3) is 4.55. The summed E-state index contributed by atoms with van der Waals surface area (Å²) in [7, 11) is 0. The fraction of sp³-hybridized carbons (Fsp3) is 0.923. The average Bonchev–Trinajstić information content (AvgIpc) is 2.43. The normalized spacial score (nSPS) is 18.6. The first-order valence-electron chi connectivity index (χ1n) is 6.89. The molecule has 0 bridgehead atoms. The monoisotopic (exact) mass is 258 g/mol. The third-order valence-corrected chi connectivity index (χ3v) is 3.50. The highest BCUT2D eigenvalue weighted by Crippen LogP contribution is 2.29. The molecule has 0 saturated carbocycles. The van der Waals surface area contributed by atoms with E-state index in [2.05, 4.69) is 12.2 Å². The highest BCUT2D eigenvalue weighted by atomic mass is 16.5. The number of amides is 1. The van der Waals surface area contributed by atoms with E-state index < -0.39 is 5.41 Å². The molecule has 106 valence electrons. The average molecular weight is 258 g/mol. The van der Waals surface area contributed by atoms with Crippen molar-refractivity contribution >= 4 is 5.91 Å². The minimum atomic E-state index is -0.429. The summed E-state index contributed by atoms with van der Waals surface area (Å²) < 4.78 is 10.7. The van der Waals surface area contributed by atoms with Crippen LogP contribution >= 0.6 is 0 Å². The first-order valence-corrected chi connectivity index (χ1v) is 6.89. The van der Waals surface area contributed by atoms with Crippen molar-refractivity contribution in [1.29, 1.82) is 0 Å². The summed E-state index contributed by atoms with van der Waals surface area (Å²) in [5.41, 5.74) is 5.33. The van der Waals surface area contributed by atoms with Gasteiger partial charge in [0.05, 0.1) is 12.0 Å². The predicted molar refractivity (Wildman–Crippen MR) is 70.3 cm³/mol. The summed E-state index contributed by atoms with van der Waals surface area (Å²) in [6.07, 6.45) is 3.62. The molecule has 1 rings (SSSR count). The van der Waals surface area contributed by atoms with Crippen molar-refractivity contribution in [3.63, 3.8) is 0 Å². The Morgan fingerprint density at radius 2 is 2.11 bits per heavy atom. The van der Waals surface area contributed by atoms with Crippen molar-refractivity contribution in [1.82, 2.24) is 5.32 Å². The van der Waals surface area contributed by atoms with Gasteiger partial charge in [-0.2, -0.15) is 0 Å². The molecule has 0 aliphatic carbocycles. The topological polar surface area (TPSA) is 73.6 Å². The Kier molecular flexibility index (Phi) is 7.23. The second-order valence-electron chi connectivity index (χ2n) is 4.82. The van der Waals surface area contributed by atoms with E-state index in [-0.39, 0.29) is 5.91 Å². The Morgan fingerprint density at radius 1 is 1.39 bits per heavy atom. The number of rotatable bonds is 8. The summed E-state index contributed by atoms with van der Waals surface area (Å²) >= 11 is 0. The van der Waals surface area contributed by atoms with E-state index in [1.807, 2.05) is 0 Å². The maximum Gasteiger partial charge on any atom is 0.227 e. The number of hydrogen-bond donors (Lipinski definition) is 2. The molecule has 0 spiro atoms. The van der Waals surface area contributed by atoms with E-state index in [4.69, 9.17) is 15.2 Å². The maximum absolute atomic E-state index is 12.1. The van der Waals surface area contributed by atoms with Crippen LogP contribution in [-0.2, 0) is 14.3 Å². The van der Waals surface area contributed by atoms with Crippen LogP contribution in [0.1, 0.15) is 32.6 Å². The number of hydrogen-bond acceptors (Lipinski definition) is 4. The quantitative estimate of drug-likeness (QED) is 0.628. The van der Waals surface area contributed by atoms with Crippen LogP contribution in [0.3, 0.4) is 0 Å². The Labute approximate surface area is 109 Å². The molecule has 5 heteroatoms. The van der Waals surface area contributed by atoms with E-state index >= 15 is 0 Å². The van der Waals surface area contributed by atoms with E-state index in [1.165, 1.54) is 0 Å². The summed E-state index contributed by atoms with van der Waals surface area (Å²) in [6.45, 7) is 5.66. The molecule has 5 nitrogen and oxygen atoms in total. The zero-order chi connectivity index (χ0) is 13.3. The Balaban J connectivity index is 2.21. The molecule has 18 heavy (non-hydrogen) atoms. The second kappa shape index (κ2) is 8.45. The molecule has 1 heterocycles. The number of nitrogens with two attached hydrogens (primary N) is 1. The van der Waals surface area contributed by atoms with Crippen LogP contribution < -0.4 is 11.1 Å². The van der Waals surface area contributed by atoms with E-state index in [0.29, 0.717) is 45.8 Å². The summed E-state index contributed by atoms with van der Waals surface area (Å²) in [4.78, 5) is 12.1. The van der Waals surface area contributed by atoms with E-state index in [9.17, 15) is 4.79 Å². The van der Waals surface area contributed by atoms with Gasteiger partial charge in [0.2, 0.25) is 5.91 Å². The molecular formula is C13H26N2O3. The van der Waals surface area contributed by atoms with Crippen molar-refractivity contribution < 1.29 is 14.3 Å². The second-order valence-corrected chi connectivity index (χ2v) is 4.82. The Hall–Kier alpha value is -0.650. The lowest BCUT2D eigenvalue weighted by molar-refractivity contribution is -0.136. The first kappa shape index (κ1) is 15.4. The number of unbranched alkanes of at least 4 members (excludes halogenated alkanes) is 1. The van der Waals surface area contributed by atoms with Crippen LogP contribution in [0.5, 0.6) is 0 Å². The lowest BCUT2D eigenvalue weighted by Gasteiger charge is -2.34. The zero-order valence-electron chi connectivity index (χ0n) is 11.4. The minimum Gasteiger partial charge on any atom is -0.381 e. The number of carbonyl (C=O) groups is 1. The smallest absolute Gasteiger partial charge is 0.227 e. The van der Waals surface area contributed by atoms with Crippen LogP contribution in [0.15, 0.2) is 0 Å². The predicted octanol–water partition coefficient (Wildman–Crippen LogP) is 0.675. The highest BCUT2D eigenvalue weighted by molar-refractivity contribution is 5.83. The van der Waals surface area contributed by atoms with Crippen molar-refractivity contribution in [3.8, 4) is 0 Å². The van der Waals surface area contributed by atoms with Crippen LogP contribution in [0.4, 0.5) is 0 Å². The minimum absolute atomic E-state index is 0.0485. The van der Waals surface area contributed by atoms with Gasteiger partial charge >= 0.3 is 0 Å². The zero-order valence-corrected chi connectivity index (χ0v) is 11.4. The Bertz CT molecular complexity index is 240. The van der Waals surface area contributed by atoms with E-state index in [0.717, 1.165) is 19.4 Å². The highest BCUT2D eigenvalue weighted by Gasteiger charge is 2.38. The fourth-order valence-corrected chi connectivity index (χ4v) is 2.06. The molecule has 1 amide bonds. The van der Waals surface area contributed by atoms with Crippen LogP contribution in [0.2, 0.25) is 0 Å². The van der Waals surface area contributed by atoms with Crippen molar-refractivity contribution in [2.75, 3.05) is 39.5 Å². The molecule has 1 aliphatic heterocycles. The lowest BCUT2D eigenvalue weighted by atomic mass is 9.79. The van der Waals surface area contributed by atoms with E-state index in [1.54, 1.807) is 0 Å². The van der Waals surface area contributed by atoms with Gasteiger partial charge in [0.1, 0.15) is 0 Å². The van der Waals surface area contributed by atoms with Crippen LogP contribution in [0, 0.1) is 5.41 Å². The van der Waals surface area contributed by atoms with Crippen LogP contribution in [0.25, 0.3) is 0 Å². The number of carbonyl (C=O) groups excluding carboxylic acids is 1. The van der Waals surface area contributed by atoms with Gasteiger partial charge in [0.25, 0.3) is 0 Å². The standard InChI is InChI=1S/C13H26N2O3/c1-2-3-7-17-10-6-15-12(16)13(11-14)4-8-18-9-5-13/h2-11,14H2,1H3,(H,15,16). The summed E-state index contributed by atoms with van der Waals surface area (Å²) in [6, 6.07) is 0. The molecule has 1 aliphatic rings. The van der Waals surface area contributed by atoms with Gasteiger partial charge in [-0.3, -0.25) is 4.79 Å². The summed E-state index contributed by atoms with van der Waals surface area (Å²) in [5, 5.41) is 2.92. The molecule has 1 saturated heterocycles. The Morgan fingerprint density at radius 3 is 2.72 bits per heavy atom. The SMILES string of the molecule is CCCCOCCNC(=O)C1(CN)CCOCC1. The number of ether oxygens (including phenoxy) is 2. The molecule has 0 aromatic heterocycles. The van der Waals surface area contributed by atoms with Gasteiger partial charge in [0, 0.05) is 32.9 Å². The molecule has 1 fully saturated rings. The van der Waals surface area contributed by atoms with Gasteiger partial charge < -0.3 is 20.5 Å². The molecule has 0 atom stereocenters. The summed E-state index contributed by atoms with van der Waals surface area (Å²) in [5.74, 6) is 0.0485. The van der Waals surface area contributed by atoms with Gasteiger partial charge in [-0.25, -0.2) is 0 Å². The molecule has 0 radical (unpaired) electrons. The lowest BCUT2D eigenvalue weighted by Crippen LogP contribution is -2.49. The first-order chi connectivity index (χ1) is 8.75. The van der Waals surface area contributed by atoms with Crippen molar-refractivity contribution in [2.45, 2.75) is 32.6 Å². The number of nitrogens with one attached hydrogen (secondary N) is 1. The van der Waals surface area contributed by atoms with Crippen molar-refractivity contribution in [3.05, 3.63) is 0 Å². The molecule has 0 aromatic carbocycles. The fourth-order valence-electron chi connectivity index (χ4n) is 2.06. The largest absolute Gasteiger partial charge is 0.381 e.